The monoisotopic (exact) mass is 1150 g/mol. The molecule has 0 saturated heterocycles. The molecule has 0 fully saturated rings. The van der Waals surface area contributed by atoms with Crippen molar-refractivity contribution in [3.63, 3.8) is 0 Å². The van der Waals surface area contributed by atoms with Gasteiger partial charge in [-0.25, -0.2) is 24.8 Å². The van der Waals surface area contributed by atoms with Crippen LogP contribution >= 0.6 is 0 Å². The SMILES string of the molecule is [C-]#[N+]c1c(-n2c3cc(-c4cccc(-c5ccccc5)n4)ccc3c3ccc(-c4cccc(-c5ccccc5)n4)cc32)ccc(-c2cccc(C#N)c2)c1-n1c2cc(-c3cccc(-c4ccccc4)n3)ccc2c2ccc(-c3cccc(-c4ccccc4)n3)cc21. The van der Waals surface area contributed by atoms with Gasteiger partial charge < -0.3 is 9.13 Å². The Labute approximate surface area is 519 Å². The van der Waals surface area contributed by atoms with E-state index < -0.39 is 0 Å². The number of hydrogen-bond donors (Lipinski definition) is 0. The van der Waals surface area contributed by atoms with Gasteiger partial charge in [0.05, 0.1) is 97.2 Å². The second-order valence-electron chi connectivity index (χ2n) is 22.3. The third-order valence-electron chi connectivity index (χ3n) is 17.0. The normalized spacial score (nSPS) is 11.3. The van der Waals surface area contributed by atoms with Crippen molar-refractivity contribution >= 4 is 49.3 Å². The highest BCUT2D eigenvalue weighted by atomic mass is 15.1. The van der Waals surface area contributed by atoms with E-state index in [-0.39, 0.29) is 0 Å². The van der Waals surface area contributed by atoms with E-state index >= 15 is 0 Å². The van der Waals surface area contributed by atoms with Crippen LogP contribution in [0.25, 0.3) is 161 Å². The van der Waals surface area contributed by atoms with E-state index in [2.05, 4.69) is 197 Å². The lowest BCUT2D eigenvalue weighted by Gasteiger charge is -2.21. The van der Waals surface area contributed by atoms with E-state index in [1.165, 1.54) is 0 Å². The quantitative estimate of drug-likeness (QED) is 0.120. The van der Waals surface area contributed by atoms with Crippen LogP contribution in [0.4, 0.5) is 5.69 Å². The predicted octanol–water partition coefficient (Wildman–Crippen LogP) is 20.9. The van der Waals surface area contributed by atoms with E-state index in [4.69, 9.17) is 24.8 Å². The van der Waals surface area contributed by atoms with Crippen molar-refractivity contribution in [2.24, 2.45) is 0 Å². The fourth-order valence-corrected chi connectivity index (χ4v) is 12.7. The largest absolute Gasteiger partial charge is 0.319 e. The molecule has 0 N–H and O–H groups in total. The van der Waals surface area contributed by atoms with Crippen molar-refractivity contribution in [2.75, 3.05) is 0 Å². The summed E-state index contributed by atoms with van der Waals surface area (Å²) in [6.45, 7) is 9.73. The highest BCUT2D eigenvalue weighted by Crippen LogP contribution is 2.48. The Bertz CT molecular complexity index is 5280. The van der Waals surface area contributed by atoms with Crippen LogP contribution in [0, 0.1) is 17.9 Å². The van der Waals surface area contributed by atoms with E-state index in [1.807, 2.05) is 121 Å². The molecule has 0 saturated carbocycles. The smallest absolute Gasteiger partial charge is 0.234 e. The van der Waals surface area contributed by atoms with Crippen LogP contribution in [0.2, 0.25) is 0 Å². The third kappa shape index (κ3) is 9.42. The lowest BCUT2D eigenvalue weighted by atomic mass is 9.99. The van der Waals surface area contributed by atoms with Crippen molar-refractivity contribution < 1.29 is 0 Å². The number of benzene rings is 10. The average Bonchev–Trinajstić information content (AvgIpc) is 1.58. The molecule has 6 heterocycles. The van der Waals surface area contributed by atoms with Gasteiger partial charge in [-0.3, -0.25) is 0 Å². The lowest BCUT2D eigenvalue weighted by Crippen LogP contribution is -2.03. The van der Waals surface area contributed by atoms with Gasteiger partial charge in [-0.2, -0.15) is 5.26 Å². The number of nitrogens with zero attached hydrogens (tertiary/aromatic N) is 8. The first-order chi connectivity index (χ1) is 44.5. The highest BCUT2D eigenvalue weighted by molar-refractivity contribution is 6.14. The Morgan fingerprint density at radius 3 is 0.933 bits per heavy atom. The standard InChI is InChI=1S/C82H50N8/c1-84-81-76(89-77-48-59(72-33-15-29-68(85-72)54-20-6-2-7-21-54)37-41-64(77)65-42-38-60(49-78(65)89)73-34-16-30-69(86-73)55-22-8-3-9-23-55)46-45-63(58-28-14-19-53(47-58)52-83)82(81)90-79-50-61(74-35-17-31-70(87-74)56-24-10-4-11-25-56)39-43-66(79)67-44-40-62(51-80(67)90)75-36-18-32-71(88-75)57-26-12-5-13-27-57/h2-51H. The molecule has 16 aromatic rings. The van der Waals surface area contributed by atoms with Crippen molar-refractivity contribution in [1.29, 1.82) is 5.26 Å². The number of fused-ring (bicyclic) bond motifs is 6. The zero-order valence-corrected chi connectivity index (χ0v) is 48.4. The van der Waals surface area contributed by atoms with E-state index in [0.29, 0.717) is 22.6 Å². The summed E-state index contributed by atoms with van der Waals surface area (Å²) in [5.41, 5.74) is 21.8. The fourth-order valence-electron chi connectivity index (χ4n) is 12.7. The van der Waals surface area contributed by atoms with Crippen LogP contribution in [0.1, 0.15) is 5.56 Å². The summed E-state index contributed by atoms with van der Waals surface area (Å²) < 4.78 is 4.53. The van der Waals surface area contributed by atoms with Gasteiger partial charge >= 0.3 is 0 Å². The van der Waals surface area contributed by atoms with E-state index in [0.717, 1.165) is 145 Å². The second kappa shape index (κ2) is 22.3. The van der Waals surface area contributed by atoms with Gasteiger partial charge in [0, 0.05) is 66.1 Å². The summed E-state index contributed by atoms with van der Waals surface area (Å²) in [7, 11) is 0. The molecule has 8 nitrogen and oxygen atoms in total. The third-order valence-corrected chi connectivity index (χ3v) is 17.0. The Kier molecular flexibility index (Phi) is 13.1. The van der Waals surface area contributed by atoms with Gasteiger partial charge in [-0.05, 0) is 102 Å². The number of hydrogen-bond acceptors (Lipinski definition) is 5. The van der Waals surface area contributed by atoms with E-state index in [1.54, 1.807) is 0 Å². The van der Waals surface area contributed by atoms with Gasteiger partial charge in [0.25, 0.3) is 0 Å². The number of nitriles is 1. The maximum absolute atomic E-state index is 10.5. The van der Waals surface area contributed by atoms with Crippen LogP contribution in [0.3, 0.4) is 0 Å². The zero-order chi connectivity index (χ0) is 60.1. The molecular weight excluding hydrogens is 1100 g/mol. The van der Waals surface area contributed by atoms with Crippen molar-refractivity contribution in [3.8, 4) is 119 Å². The molecule has 0 spiro atoms. The highest BCUT2D eigenvalue weighted by Gasteiger charge is 2.26. The average molecular weight is 1150 g/mol. The fraction of sp³-hybridized carbons (Fsp3) is 0. The molecule has 8 heteroatoms. The van der Waals surface area contributed by atoms with Crippen LogP contribution < -0.4 is 0 Å². The minimum Gasteiger partial charge on any atom is -0.319 e. The van der Waals surface area contributed by atoms with Gasteiger partial charge in [0.1, 0.15) is 0 Å². The molecule has 0 radical (unpaired) electrons. The maximum atomic E-state index is 10.5. The molecule has 0 aliphatic heterocycles. The molecule has 0 atom stereocenters. The van der Waals surface area contributed by atoms with Crippen molar-refractivity contribution in [1.82, 2.24) is 29.1 Å². The Hall–Kier alpha value is -12.6. The predicted molar refractivity (Wildman–Crippen MR) is 366 cm³/mol. The molecule has 0 aliphatic rings. The first-order valence-electron chi connectivity index (χ1n) is 29.9. The van der Waals surface area contributed by atoms with Gasteiger partial charge in [-0.15, -0.1) is 0 Å². The van der Waals surface area contributed by atoms with E-state index in [9.17, 15) is 11.8 Å². The van der Waals surface area contributed by atoms with Crippen molar-refractivity contribution in [2.45, 2.75) is 0 Å². The van der Waals surface area contributed by atoms with Crippen LogP contribution in [0.5, 0.6) is 0 Å². The maximum Gasteiger partial charge on any atom is 0.234 e. The molecule has 418 valence electrons. The summed E-state index contributed by atoms with van der Waals surface area (Å²) >= 11 is 0. The van der Waals surface area contributed by atoms with Crippen LogP contribution in [-0.2, 0) is 0 Å². The molecule has 0 unspecified atom stereocenters. The van der Waals surface area contributed by atoms with Gasteiger partial charge in [0.15, 0.2) is 0 Å². The summed E-state index contributed by atoms with van der Waals surface area (Å²) in [4.78, 5) is 25.8. The molecule has 16 rings (SSSR count). The molecule has 0 bridgehead atoms. The topological polar surface area (TPSA) is 89.6 Å². The first kappa shape index (κ1) is 52.9. The summed E-state index contributed by atoms with van der Waals surface area (Å²) in [5, 5.41) is 14.5. The zero-order valence-electron chi connectivity index (χ0n) is 48.4. The lowest BCUT2D eigenvalue weighted by molar-refractivity contribution is 1.14. The Morgan fingerprint density at radius 2 is 0.600 bits per heavy atom. The van der Waals surface area contributed by atoms with Gasteiger partial charge in [-0.1, -0.05) is 212 Å². The first-order valence-corrected chi connectivity index (χ1v) is 29.9. The Balaban J connectivity index is 0.996. The Morgan fingerprint density at radius 1 is 0.289 bits per heavy atom. The van der Waals surface area contributed by atoms with Crippen molar-refractivity contribution in [3.05, 3.63) is 320 Å². The molecule has 6 aromatic heterocycles. The number of pyridine rings is 4. The molecule has 90 heavy (non-hydrogen) atoms. The van der Waals surface area contributed by atoms with Crippen LogP contribution in [0.15, 0.2) is 303 Å². The molecule has 0 aliphatic carbocycles. The molecule has 0 amide bonds. The minimum atomic E-state index is 0.404. The summed E-state index contributed by atoms with van der Waals surface area (Å²) in [5.74, 6) is 0. The number of rotatable bonds is 11. The van der Waals surface area contributed by atoms with Crippen LogP contribution in [-0.4, -0.2) is 29.1 Å². The summed E-state index contributed by atoms with van der Waals surface area (Å²) in [6.07, 6.45) is 0. The molecule has 10 aromatic carbocycles. The minimum absolute atomic E-state index is 0.404. The summed E-state index contributed by atoms with van der Waals surface area (Å²) in [6, 6.07) is 106. The van der Waals surface area contributed by atoms with Gasteiger partial charge in [0.2, 0.25) is 5.69 Å². The molecular formula is C82H50N8. The second-order valence-corrected chi connectivity index (χ2v) is 22.3. The number of aromatic nitrogens is 6.